The lowest BCUT2D eigenvalue weighted by atomic mass is 9.87. The van der Waals surface area contributed by atoms with Gasteiger partial charge in [0.25, 0.3) is 0 Å². The zero-order valence-electron chi connectivity index (χ0n) is 15.8. The van der Waals surface area contributed by atoms with E-state index in [4.69, 9.17) is 0 Å². The maximum atomic E-state index is 12.1. The van der Waals surface area contributed by atoms with Gasteiger partial charge in [-0.15, -0.1) is 0 Å². The van der Waals surface area contributed by atoms with Crippen molar-refractivity contribution in [1.29, 1.82) is 0 Å². The van der Waals surface area contributed by atoms with E-state index >= 15 is 0 Å². The average Bonchev–Trinajstić information content (AvgIpc) is 2.94. The van der Waals surface area contributed by atoms with Crippen molar-refractivity contribution in [1.82, 2.24) is 14.9 Å². The van der Waals surface area contributed by atoms with Gasteiger partial charge in [-0.3, -0.25) is 4.79 Å². The molecule has 4 heteroatoms. The van der Waals surface area contributed by atoms with Gasteiger partial charge < -0.3 is 9.88 Å². The van der Waals surface area contributed by atoms with Crippen LogP contribution < -0.4 is 5.32 Å². The van der Waals surface area contributed by atoms with Gasteiger partial charge >= 0.3 is 0 Å². The van der Waals surface area contributed by atoms with Crippen LogP contribution in [0.25, 0.3) is 17.1 Å². The molecule has 0 radical (unpaired) electrons. The Balaban J connectivity index is 1.61. The van der Waals surface area contributed by atoms with E-state index in [9.17, 15) is 4.79 Å². The molecule has 134 valence electrons. The minimum atomic E-state index is -0.128. The minimum Gasteiger partial charge on any atom is -0.345 e. The number of hydrogen-bond donors (Lipinski definition) is 1. The number of nitrogens with zero attached hydrogens (tertiary/aromatic N) is 2. The van der Waals surface area contributed by atoms with Gasteiger partial charge in [0.05, 0.1) is 17.6 Å². The Morgan fingerprint density at radius 2 is 1.81 bits per heavy atom. The molecule has 1 amide bonds. The number of benzene rings is 2. The molecule has 0 fully saturated rings. The van der Waals surface area contributed by atoms with Crippen LogP contribution in [0.3, 0.4) is 0 Å². The van der Waals surface area contributed by atoms with Crippen LogP contribution in [0.4, 0.5) is 0 Å². The number of aryl methyl sites for hydroxylation is 1. The van der Waals surface area contributed by atoms with Crippen molar-refractivity contribution in [3.05, 3.63) is 71.6 Å². The van der Waals surface area contributed by atoms with Crippen LogP contribution in [0.1, 0.15) is 37.7 Å². The lowest BCUT2D eigenvalue weighted by Gasteiger charge is -2.18. The normalized spacial score (nSPS) is 12.0. The summed E-state index contributed by atoms with van der Waals surface area (Å²) in [4.78, 5) is 16.7. The van der Waals surface area contributed by atoms with Gasteiger partial charge in [0, 0.05) is 13.1 Å². The second kappa shape index (κ2) is 7.16. The topological polar surface area (TPSA) is 46.9 Å². The molecule has 0 atom stereocenters. The number of carbonyl (C=O) groups is 1. The molecule has 2 aromatic carbocycles. The summed E-state index contributed by atoms with van der Waals surface area (Å²) in [5, 5.41) is 2.90. The second-order valence-corrected chi connectivity index (χ2v) is 7.50. The number of para-hydroxylation sites is 2. The van der Waals surface area contributed by atoms with Crippen molar-refractivity contribution < 1.29 is 4.79 Å². The van der Waals surface area contributed by atoms with Crippen LogP contribution in [-0.2, 0) is 23.8 Å². The first-order valence-electron chi connectivity index (χ1n) is 8.81. The molecule has 0 spiro atoms. The summed E-state index contributed by atoms with van der Waals surface area (Å²) in [5.74, 6) is 0.708. The summed E-state index contributed by atoms with van der Waals surface area (Å²) in [6.45, 7) is 6.96. The van der Waals surface area contributed by atoms with E-state index in [-0.39, 0.29) is 11.3 Å². The smallest absolute Gasteiger partial charge is 0.244 e. The molecular weight excluding hydrogens is 322 g/mol. The fourth-order valence-corrected chi connectivity index (χ4v) is 2.84. The van der Waals surface area contributed by atoms with Crippen LogP contribution in [0.5, 0.6) is 0 Å². The van der Waals surface area contributed by atoms with Gasteiger partial charge in [0.2, 0.25) is 5.91 Å². The van der Waals surface area contributed by atoms with Gasteiger partial charge in [-0.25, -0.2) is 4.98 Å². The predicted octanol–water partition coefficient (Wildman–Crippen LogP) is 4.20. The summed E-state index contributed by atoms with van der Waals surface area (Å²) in [6, 6.07) is 16.2. The van der Waals surface area contributed by atoms with Gasteiger partial charge in [-0.2, -0.15) is 0 Å². The predicted molar refractivity (Wildman–Crippen MR) is 107 cm³/mol. The Morgan fingerprint density at radius 1 is 1.12 bits per heavy atom. The average molecular weight is 347 g/mol. The highest BCUT2D eigenvalue weighted by Crippen LogP contribution is 2.22. The Bertz CT molecular complexity index is 944. The molecule has 1 heterocycles. The van der Waals surface area contributed by atoms with Gasteiger partial charge in [0.15, 0.2) is 0 Å². The Morgan fingerprint density at radius 3 is 2.46 bits per heavy atom. The Hall–Kier alpha value is -2.88. The van der Waals surface area contributed by atoms with Crippen molar-refractivity contribution in [2.24, 2.45) is 7.05 Å². The molecule has 26 heavy (non-hydrogen) atoms. The third-order valence-electron chi connectivity index (χ3n) is 4.50. The van der Waals surface area contributed by atoms with Crippen molar-refractivity contribution in [3.8, 4) is 0 Å². The summed E-state index contributed by atoms with van der Waals surface area (Å²) in [5.41, 5.74) is 4.42. The molecular formula is C22H25N3O. The molecule has 0 aliphatic heterocycles. The molecule has 0 bridgehead atoms. The number of rotatable bonds is 4. The molecule has 3 rings (SSSR count). The monoisotopic (exact) mass is 347 g/mol. The Labute approximate surface area is 154 Å². The fraction of sp³-hybridized carbons (Fsp3) is 0.273. The van der Waals surface area contributed by atoms with Crippen LogP contribution in [0.2, 0.25) is 0 Å². The van der Waals surface area contributed by atoms with E-state index in [0.717, 1.165) is 22.4 Å². The van der Waals surface area contributed by atoms with Crippen molar-refractivity contribution in [3.63, 3.8) is 0 Å². The number of aromatic nitrogens is 2. The van der Waals surface area contributed by atoms with Crippen LogP contribution in [0.15, 0.2) is 54.6 Å². The lowest BCUT2D eigenvalue weighted by molar-refractivity contribution is -0.116. The van der Waals surface area contributed by atoms with E-state index in [1.807, 2.05) is 54.1 Å². The summed E-state index contributed by atoms with van der Waals surface area (Å²) in [7, 11) is 1.96. The number of fused-ring (bicyclic) bond motifs is 1. The van der Waals surface area contributed by atoms with Crippen LogP contribution in [-0.4, -0.2) is 15.5 Å². The number of amides is 1. The molecule has 0 unspecified atom stereocenters. The van der Waals surface area contributed by atoms with E-state index in [0.29, 0.717) is 6.54 Å². The largest absolute Gasteiger partial charge is 0.345 e. The summed E-state index contributed by atoms with van der Waals surface area (Å²) in [6.07, 6.45) is 3.39. The van der Waals surface area contributed by atoms with Crippen molar-refractivity contribution >= 4 is 23.0 Å². The van der Waals surface area contributed by atoms with Gasteiger partial charge in [0.1, 0.15) is 5.82 Å². The maximum Gasteiger partial charge on any atom is 0.244 e. The summed E-state index contributed by atoms with van der Waals surface area (Å²) < 4.78 is 2.00. The second-order valence-electron chi connectivity index (χ2n) is 7.50. The third kappa shape index (κ3) is 4.02. The third-order valence-corrected chi connectivity index (χ3v) is 4.50. The zero-order chi connectivity index (χ0) is 18.7. The number of imidazole rings is 1. The number of carbonyl (C=O) groups excluding carboxylic acids is 1. The number of hydrogen-bond acceptors (Lipinski definition) is 2. The SMILES string of the molecule is Cn1c(CNC(=O)/C=C/c2ccc(C(C)(C)C)cc2)nc2ccccc21. The molecule has 0 saturated heterocycles. The molecule has 0 aliphatic rings. The molecule has 1 N–H and O–H groups in total. The van der Waals surface area contributed by atoms with E-state index in [1.54, 1.807) is 6.08 Å². The highest BCUT2D eigenvalue weighted by atomic mass is 16.1. The molecule has 0 aliphatic carbocycles. The highest BCUT2D eigenvalue weighted by Gasteiger charge is 2.12. The minimum absolute atomic E-state index is 0.128. The van der Waals surface area contributed by atoms with Crippen LogP contribution in [0, 0.1) is 0 Å². The summed E-state index contributed by atoms with van der Waals surface area (Å²) >= 11 is 0. The standard InChI is InChI=1S/C22H25N3O/c1-22(2,3)17-12-9-16(10-13-17)11-14-21(26)23-15-20-24-18-7-5-6-8-19(18)25(20)4/h5-14H,15H2,1-4H3,(H,23,26)/b14-11+. The first-order chi connectivity index (χ1) is 12.3. The molecule has 0 saturated carbocycles. The van der Waals surface area contributed by atoms with Crippen molar-refractivity contribution in [2.75, 3.05) is 0 Å². The first-order valence-corrected chi connectivity index (χ1v) is 8.81. The van der Waals surface area contributed by atoms with Gasteiger partial charge in [-0.05, 0) is 34.8 Å². The first kappa shape index (κ1) is 17.9. The molecule has 1 aromatic heterocycles. The van der Waals surface area contributed by atoms with Crippen molar-refractivity contribution in [2.45, 2.75) is 32.7 Å². The van der Waals surface area contributed by atoms with E-state index in [1.165, 1.54) is 5.56 Å². The molecule has 3 aromatic rings. The van der Waals surface area contributed by atoms with E-state index < -0.39 is 0 Å². The van der Waals surface area contributed by atoms with Gasteiger partial charge in [-0.1, -0.05) is 57.2 Å². The number of nitrogens with one attached hydrogen (secondary N) is 1. The van der Waals surface area contributed by atoms with Crippen LogP contribution >= 0.6 is 0 Å². The quantitative estimate of drug-likeness (QED) is 0.719. The Kier molecular flexibility index (Phi) is 4.94. The van der Waals surface area contributed by atoms with E-state index in [2.05, 4.69) is 43.2 Å². The zero-order valence-corrected chi connectivity index (χ0v) is 15.8. The maximum absolute atomic E-state index is 12.1. The highest BCUT2D eigenvalue weighted by molar-refractivity contribution is 5.91. The lowest BCUT2D eigenvalue weighted by Crippen LogP contribution is -2.22. The molecule has 4 nitrogen and oxygen atoms in total. The fourth-order valence-electron chi connectivity index (χ4n) is 2.84.